The van der Waals surface area contributed by atoms with Gasteiger partial charge in [-0.15, -0.1) is 0 Å². The normalized spacial score (nSPS) is 16.4. The van der Waals surface area contributed by atoms with Crippen LogP contribution < -0.4 is 0 Å². The fourth-order valence-corrected chi connectivity index (χ4v) is 1.92. The topological polar surface area (TPSA) is 101 Å². The van der Waals surface area contributed by atoms with Crippen LogP contribution in [0.2, 0.25) is 0 Å². The van der Waals surface area contributed by atoms with E-state index in [1.807, 2.05) is 20.8 Å². The van der Waals surface area contributed by atoms with E-state index < -0.39 is 20.8 Å². The summed E-state index contributed by atoms with van der Waals surface area (Å²) in [6.07, 6.45) is 1.62. The molecule has 0 fully saturated rings. The number of hydrogen-bond acceptors (Lipinski definition) is 4. The molecule has 6 nitrogen and oxygen atoms in total. The first-order valence-corrected chi connectivity index (χ1v) is 14.1. The van der Waals surface area contributed by atoms with Crippen molar-refractivity contribution in [1.29, 1.82) is 0 Å². The molecule has 0 aliphatic carbocycles. The van der Waals surface area contributed by atoms with Crippen LogP contribution in [0.1, 0.15) is 34.6 Å². The van der Waals surface area contributed by atoms with Gasteiger partial charge in [0.05, 0.1) is 6.61 Å². The molecule has 2 atom stereocenters. The van der Waals surface area contributed by atoms with E-state index >= 15 is 0 Å². The van der Waals surface area contributed by atoms with Gasteiger partial charge in [0.15, 0.2) is 0 Å². The highest BCUT2D eigenvalue weighted by molar-refractivity contribution is 7.84. The van der Waals surface area contributed by atoms with Gasteiger partial charge in [-0.1, -0.05) is 27.7 Å². The molecule has 2 unspecified atom stereocenters. The minimum Gasteiger partial charge on any atom is -0.333 e. The van der Waals surface area contributed by atoms with Crippen molar-refractivity contribution in [2.24, 2.45) is 0 Å². The lowest BCUT2D eigenvalue weighted by Gasteiger charge is -2.12. The van der Waals surface area contributed by atoms with Crippen molar-refractivity contribution < 1.29 is 28.0 Å². The first-order chi connectivity index (χ1) is 9.30. The van der Waals surface area contributed by atoms with Gasteiger partial charge in [0, 0.05) is 24.6 Å². The Hall–Kier alpha value is 1.15. The Morgan fingerprint density at radius 2 is 1.00 bits per heavy atom. The van der Waals surface area contributed by atoms with Gasteiger partial charge in [0.25, 0.3) is 13.4 Å². The van der Waals surface area contributed by atoms with E-state index in [9.17, 15) is 13.7 Å². The Balaban J connectivity index is -0.000000240. The number of hydrogen-bond donors (Lipinski definition) is 2. The number of halogens is 2. The molecule has 0 rings (SSSR count). The smallest absolute Gasteiger partial charge is 0.287 e. The maximum Gasteiger partial charge on any atom is 0.287 e. The average Bonchev–Trinajstić information content (AvgIpc) is 2.38. The van der Waals surface area contributed by atoms with Crippen LogP contribution in [0, 0.1) is 0 Å². The van der Waals surface area contributed by atoms with Crippen LogP contribution in [0.25, 0.3) is 0 Å². The second-order valence-electron chi connectivity index (χ2n) is 3.73. The van der Waals surface area contributed by atoms with Gasteiger partial charge in [-0.2, -0.15) is 0 Å². The maximum absolute atomic E-state index is 11.3. The maximum atomic E-state index is 11.3. The van der Waals surface area contributed by atoms with E-state index in [0.29, 0.717) is 18.9 Å². The molecule has 21 heavy (non-hydrogen) atoms. The van der Waals surface area contributed by atoms with Crippen molar-refractivity contribution in [2.75, 3.05) is 31.3 Å². The molecule has 0 heterocycles. The van der Waals surface area contributed by atoms with E-state index in [2.05, 4.69) is 0 Å². The first kappa shape index (κ1) is 27.0. The Morgan fingerprint density at radius 3 is 1.05 bits per heavy atom. The van der Waals surface area contributed by atoms with Crippen molar-refractivity contribution in [2.45, 2.75) is 34.6 Å². The predicted octanol–water partition coefficient (Wildman–Crippen LogP) is 5.20. The molecule has 0 aromatic rings. The minimum atomic E-state index is -3.17. The van der Waals surface area contributed by atoms with Gasteiger partial charge in [0.2, 0.25) is 7.37 Å². The molecule has 0 spiro atoms. The molecule has 132 valence electrons. The monoisotopic (exact) mass is 406 g/mol. The van der Waals surface area contributed by atoms with Gasteiger partial charge in [-0.25, -0.2) is 0 Å². The summed E-state index contributed by atoms with van der Waals surface area (Å²) in [7, 11) is -2.18. The van der Waals surface area contributed by atoms with Gasteiger partial charge >= 0.3 is 0 Å². The quantitative estimate of drug-likeness (QED) is 0.587. The van der Waals surface area contributed by atoms with Crippen LogP contribution >= 0.6 is 43.3 Å². The molecule has 0 bridgehead atoms. The van der Waals surface area contributed by atoms with Crippen molar-refractivity contribution >= 4 is 43.3 Å². The summed E-state index contributed by atoms with van der Waals surface area (Å²) < 4.78 is 36.2. The van der Waals surface area contributed by atoms with E-state index in [1.54, 1.807) is 13.8 Å². The SMILES string of the molecule is CCOP(=O)(CC)CC.CCP(=O)(O)Cl.CCP(=O)(O)Cl. The summed E-state index contributed by atoms with van der Waals surface area (Å²) in [4.78, 5) is 16.3. The van der Waals surface area contributed by atoms with Gasteiger partial charge in [-0.05, 0) is 29.4 Å². The van der Waals surface area contributed by atoms with E-state index in [1.165, 1.54) is 0 Å². The lowest BCUT2D eigenvalue weighted by molar-refractivity contribution is 0.334. The highest BCUT2D eigenvalue weighted by atomic mass is 35.7. The zero-order chi connectivity index (χ0) is 17.7. The molecule has 0 amide bonds. The summed E-state index contributed by atoms with van der Waals surface area (Å²) >= 11 is 9.66. The van der Waals surface area contributed by atoms with E-state index in [-0.39, 0.29) is 12.3 Å². The van der Waals surface area contributed by atoms with Crippen LogP contribution in [-0.4, -0.2) is 41.0 Å². The Bertz CT molecular complexity index is 349. The second-order valence-corrected chi connectivity index (χ2v) is 13.8. The third kappa shape index (κ3) is 26.4. The summed E-state index contributed by atoms with van der Waals surface area (Å²) in [5, 5.41) is 0. The second kappa shape index (κ2) is 13.6. The lowest BCUT2D eigenvalue weighted by Crippen LogP contribution is -1.94. The Kier molecular flexibility index (Phi) is 17.5. The molecular weight excluding hydrogens is 380 g/mol. The lowest BCUT2D eigenvalue weighted by atomic mass is 10.9. The third-order valence-corrected chi connectivity index (χ3v) is 7.76. The molecule has 0 aromatic heterocycles. The largest absolute Gasteiger partial charge is 0.333 e. The Morgan fingerprint density at radius 1 is 0.762 bits per heavy atom. The van der Waals surface area contributed by atoms with Gasteiger partial charge in [0.1, 0.15) is 0 Å². The van der Waals surface area contributed by atoms with Crippen molar-refractivity contribution in [1.82, 2.24) is 0 Å². The fraction of sp³-hybridized carbons (Fsp3) is 1.00. The van der Waals surface area contributed by atoms with Gasteiger partial charge in [-0.3, -0.25) is 13.7 Å². The molecule has 11 heteroatoms. The highest BCUT2D eigenvalue weighted by Gasteiger charge is 2.15. The molecule has 0 aliphatic rings. The predicted molar refractivity (Wildman–Crippen MR) is 92.8 cm³/mol. The van der Waals surface area contributed by atoms with Crippen LogP contribution in [0.3, 0.4) is 0 Å². The van der Waals surface area contributed by atoms with Crippen molar-refractivity contribution in [3.63, 3.8) is 0 Å². The highest BCUT2D eigenvalue weighted by Crippen LogP contribution is 2.46. The molecule has 0 saturated carbocycles. The number of rotatable bonds is 6. The minimum absolute atomic E-state index is 0.147. The Labute approximate surface area is 137 Å². The fourth-order valence-electron chi connectivity index (χ4n) is 0.641. The van der Waals surface area contributed by atoms with E-state index in [4.69, 9.17) is 36.8 Å². The molecule has 0 saturated heterocycles. The van der Waals surface area contributed by atoms with Crippen LogP contribution in [0.15, 0.2) is 0 Å². The summed E-state index contributed by atoms with van der Waals surface area (Å²) in [5.74, 6) is 0. The molecular formula is C10H27Cl2O6P3. The zero-order valence-electron chi connectivity index (χ0n) is 13.2. The molecule has 0 aromatic carbocycles. The third-order valence-electron chi connectivity index (χ3n) is 2.11. The standard InChI is InChI=1S/C6H15O2P.2C2H6ClO2P/c1-4-8-9(7,5-2)6-3;2*1-2-6(3,4)5/h4-6H2,1-3H3;2*2H2,1H3,(H,4,5). The van der Waals surface area contributed by atoms with Crippen molar-refractivity contribution in [3.8, 4) is 0 Å². The summed E-state index contributed by atoms with van der Waals surface area (Å²) in [5.41, 5.74) is 0. The molecule has 2 N–H and O–H groups in total. The summed E-state index contributed by atoms with van der Waals surface area (Å²) in [6, 6.07) is 0. The van der Waals surface area contributed by atoms with Gasteiger partial charge < -0.3 is 14.3 Å². The summed E-state index contributed by atoms with van der Waals surface area (Å²) in [6.45, 7) is 3.02. The molecule has 0 radical (unpaired) electrons. The van der Waals surface area contributed by atoms with E-state index in [0.717, 1.165) is 0 Å². The van der Waals surface area contributed by atoms with Crippen LogP contribution in [0.5, 0.6) is 0 Å². The first-order valence-electron chi connectivity index (χ1n) is 6.56. The van der Waals surface area contributed by atoms with Crippen LogP contribution in [0.4, 0.5) is 0 Å². The van der Waals surface area contributed by atoms with Crippen LogP contribution in [-0.2, 0) is 18.2 Å². The average molecular weight is 407 g/mol. The zero-order valence-corrected chi connectivity index (χ0v) is 17.4. The molecule has 0 aliphatic heterocycles. The van der Waals surface area contributed by atoms with Crippen molar-refractivity contribution in [3.05, 3.63) is 0 Å².